The lowest BCUT2D eigenvalue weighted by atomic mass is 10.1. The number of nitriles is 1. The minimum atomic E-state index is -0.316. The van der Waals surface area contributed by atoms with E-state index in [0.717, 1.165) is 16.7 Å². The number of amides is 1. The Morgan fingerprint density at radius 1 is 1.29 bits per heavy atom. The SMILES string of the molecule is Cc1ccccc1/C=N/NC(=O)c1sc(-c2ccc(OCC(C)C)c(C#N)c2)nc1C. The molecular weight excluding hydrogens is 408 g/mol. The van der Waals surface area contributed by atoms with Crippen molar-refractivity contribution in [3.8, 4) is 22.4 Å². The van der Waals surface area contributed by atoms with Crippen LogP contribution in [0.4, 0.5) is 0 Å². The van der Waals surface area contributed by atoms with Crippen molar-refractivity contribution < 1.29 is 9.53 Å². The second-order valence-corrected chi connectivity index (χ2v) is 8.52. The zero-order valence-corrected chi connectivity index (χ0v) is 18.8. The molecule has 31 heavy (non-hydrogen) atoms. The van der Waals surface area contributed by atoms with Crippen LogP contribution in [0, 0.1) is 31.1 Å². The fraction of sp³-hybridized carbons (Fsp3) is 0.250. The molecule has 3 aromatic rings. The van der Waals surface area contributed by atoms with E-state index < -0.39 is 0 Å². The summed E-state index contributed by atoms with van der Waals surface area (Å²) in [6.07, 6.45) is 1.62. The summed E-state index contributed by atoms with van der Waals surface area (Å²) < 4.78 is 5.72. The first-order valence-corrected chi connectivity index (χ1v) is 10.7. The average Bonchev–Trinajstić information content (AvgIpc) is 3.15. The zero-order chi connectivity index (χ0) is 22.4. The van der Waals surface area contributed by atoms with Crippen LogP contribution in [0.3, 0.4) is 0 Å². The Kier molecular flexibility index (Phi) is 7.16. The van der Waals surface area contributed by atoms with Gasteiger partial charge in [0, 0.05) is 5.56 Å². The third-order valence-electron chi connectivity index (χ3n) is 4.48. The molecule has 1 aromatic heterocycles. The van der Waals surface area contributed by atoms with E-state index in [2.05, 4.69) is 35.4 Å². The molecule has 7 heteroatoms. The van der Waals surface area contributed by atoms with E-state index >= 15 is 0 Å². The highest BCUT2D eigenvalue weighted by molar-refractivity contribution is 7.17. The number of thiazole rings is 1. The quantitative estimate of drug-likeness (QED) is 0.416. The van der Waals surface area contributed by atoms with Crippen molar-refractivity contribution in [3.05, 3.63) is 69.7 Å². The molecule has 0 fully saturated rings. The van der Waals surface area contributed by atoms with Gasteiger partial charge in [-0.1, -0.05) is 38.1 Å². The number of ether oxygens (including phenoxy) is 1. The molecule has 3 rings (SSSR count). The molecule has 0 bridgehead atoms. The van der Waals surface area contributed by atoms with Gasteiger partial charge in [-0.2, -0.15) is 10.4 Å². The Balaban J connectivity index is 1.76. The topological polar surface area (TPSA) is 87.4 Å². The van der Waals surface area contributed by atoms with Crippen molar-refractivity contribution in [3.63, 3.8) is 0 Å². The van der Waals surface area contributed by atoms with Crippen molar-refractivity contribution >= 4 is 23.5 Å². The lowest BCUT2D eigenvalue weighted by molar-refractivity contribution is 0.0958. The number of nitrogens with zero attached hydrogens (tertiary/aromatic N) is 3. The molecule has 6 nitrogen and oxygen atoms in total. The Bertz CT molecular complexity index is 1160. The summed E-state index contributed by atoms with van der Waals surface area (Å²) in [6.45, 7) is 8.41. The third-order valence-corrected chi connectivity index (χ3v) is 5.69. The highest BCUT2D eigenvalue weighted by Crippen LogP contribution is 2.31. The summed E-state index contributed by atoms with van der Waals surface area (Å²) in [5.74, 6) is 0.600. The zero-order valence-electron chi connectivity index (χ0n) is 18.0. The molecular formula is C24H24N4O2S. The van der Waals surface area contributed by atoms with Crippen LogP contribution in [-0.2, 0) is 0 Å². The largest absolute Gasteiger partial charge is 0.492 e. The van der Waals surface area contributed by atoms with E-state index in [1.165, 1.54) is 11.3 Å². The molecule has 0 atom stereocenters. The summed E-state index contributed by atoms with van der Waals surface area (Å²) in [5, 5.41) is 14.2. The number of carbonyl (C=O) groups excluding carboxylic acids is 1. The molecule has 1 heterocycles. The first-order valence-electron chi connectivity index (χ1n) is 9.92. The van der Waals surface area contributed by atoms with Crippen LogP contribution in [-0.4, -0.2) is 23.7 Å². The molecule has 2 aromatic carbocycles. The third kappa shape index (κ3) is 5.56. The van der Waals surface area contributed by atoms with Gasteiger partial charge in [-0.25, -0.2) is 10.4 Å². The number of rotatable bonds is 7. The maximum Gasteiger partial charge on any atom is 0.283 e. The summed E-state index contributed by atoms with van der Waals surface area (Å²) in [6, 6.07) is 15.3. The van der Waals surface area contributed by atoms with Gasteiger partial charge in [0.25, 0.3) is 5.91 Å². The van der Waals surface area contributed by atoms with Crippen molar-refractivity contribution in [2.24, 2.45) is 11.0 Å². The number of hydrazone groups is 1. The minimum Gasteiger partial charge on any atom is -0.492 e. The lowest BCUT2D eigenvalue weighted by Gasteiger charge is -2.10. The Hall–Kier alpha value is -3.50. The second-order valence-electron chi connectivity index (χ2n) is 7.52. The van der Waals surface area contributed by atoms with Crippen LogP contribution in [0.1, 0.15) is 45.9 Å². The molecule has 1 N–H and O–H groups in total. The molecule has 0 saturated heterocycles. The molecule has 0 unspecified atom stereocenters. The average molecular weight is 433 g/mol. The van der Waals surface area contributed by atoms with E-state index in [1.807, 2.05) is 37.3 Å². The van der Waals surface area contributed by atoms with Gasteiger partial charge in [0.1, 0.15) is 21.7 Å². The van der Waals surface area contributed by atoms with Gasteiger partial charge in [0.2, 0.25) is 0 Å². The summed E-state index contributed by atoms with van der Waals surface area (Å²) in [7, 11) is 0. The van der Waals surface area contributed by atoms with E-state index in [0.29, 0.717) is 39.4 Å². The Labute approximate surface area is 186 Å². The molecule has 0 spiro atoms. The van der Waals surface area contributed by atoms with Crippen molar-refractivity contribution in [2.75, 3.05) is 6.61 Å². The normalized spacial score (nSPS) is 11.0. The van der Waals surface area contributed by atoms with Gasteiger partial charge in [0.15, 0.2) is 0 Å². The molecule has 0 aliphatic rings. The first kappa shape index (κ1) is 22.2. The van der Waals surface area contributed by atoms with Crippen LogP contribution in [0.15, 0.2) is 47.6 Å². The number of hydrogen-bond donors (Lipinski definition) is 1. The Morgan fingerprint density at radius 3 is 2.77 bits per heavy atom. The number of aromatic nitrogens is 1. The lowest BCUT2D eigenvalue weighted by Crippen LogP contribution is -2.17. The van der Waals surface area contributed by atoms with Crippen molar-refractivity contribution in [1.29, 1.82) is 5.26 Å². The number of nitrogens with one attached hydrogen (secondary N) is 1. The predicted octanol–water partition coefficient (Wildman–Crippen LogP) is 5.10. The van der Waals surface area contributed by atoms with Crippen LogP contribution < -0.4 is 10.2 Å². The second kappa shape index (κ2) is 10.0. The number of aryl methyl sites for hydroxylation is 2. The van der Waals surface area contributed by atoms with E-state index in [4.69, 9.17) is 4.74 Å². The van der Waals surface area contributed by atoms with Crippen LogP contribution in [0.2, 0.25) is 0 Å². The van der Waals surface area contributed by atoms with E-state index in [1.54, 1.807) is 25.3 Å². The van der Waals surface area contributed by atoms with Crippen LogP contribution in [0.5, 0.6) is 5.75 Å². The fourth-order valence-electron chi connectivity index (χ4n) is 2.81. The smallest absolute Gasteiger partial charge is 0.283 e. The molecule has 1 amide bonds. The molecule has 0 saturated carbocycles. The van der Waals surface area contributed by atoms with Gasteiger partial charge in [-0.15, -0.1) is 11.3 Å². The first-order chi connectivity index (χ1) is 14.9. The van der Waals surface area contributed by atoms with Crippen LogP contribution in [0.25, 0.3) is 10.6 Å². The number of carbonyl (C=O) groups is 1. The summed E-state index contributed by atoms with van der Waals surface area (Å²) >= 11 is 1.27. The van der Waals surface area contributed by atoms with Gasteiger partial charge in [-0.05, 0) is 49.1 Å². The van der Waals surface area contributed by atoms with E-state index in [-0.39, 0.29) is 5.91 Å². The molecule has 0 aliphatic carbocycles. The predicted molar refractivity (Wildman–Crippen MR) is 124 cm³/mol. The molecule has 158 valence electrons. The molecule has 0 radical (unpaired) electrons. The molecule has 0 aliphatic heterocycles. The summed E-state index contributed by atoms with van der Waals surface area (Å²) in [5.41, 5.74) is 6.41. The maximum atomic E-state index is 12.6. The van der Waals surface area contributed by atoms with Crippen molar-refractivity contribution in [1.82, 2.24) is 10.4 Å². The highest BCUT2D eigenvalue weighted by atomic mass is 32.1. The van der Waals surface area contributed by atoms with Gasteiger partial charge in [0.05, 0.1) is 24.1 Å². The number of benzene rings is 2. The maximum absolute atomic E-state index is 12.6. The minimum absolute atomic E-state index is 0.316. The highest BCUT2D eigenvalue weighted by Gasteiger charge is 2.17. The van der Waals surface area contributed by atoms with Gasteiger partial charge < -0.3 is 4.74 Å². The monoisotopic (exact) mass is 432 g/mol. The fourth-order valence-corrected chi connectivity index (χ4v) is 3.76. The summed E-state index contributed by atoms with van der Waals surface area (Å²) in [4.78, 5) is 17.6. The van der Waals surface area contributed by atoms with Gasteiger partial charge in [-0.3, -0.25) is 4.79 Å². The number of hydrogen-bond acceptors (Lipinski definition) is 6. The van der Waals surface area contributed by atoms with Crippen molar-refractivity contribution in [2.45, 2.75) is 27.7 Å². The standard InChI is InChI=1S/C24H24N4O2S/c1-15(2)14-30-21-10-9-18(11-20(21)12-25)24-27-17(4)22(31-24)23(29)28-26-13-19-8-6-5-7-16(19)3/h5-11,13,15H,14H2,1-4H3,(H,28,29)/b26-13+. The van der Waals surface area contributed by atoms with E-state index in [9.17, 15) is 10.1 Å². The Morgan fingerprint density at radius 2 is 2.06 bits per heavy atom. The van der Waals surface area contributed by atoms with Crippen LogP contribution >= 0.6 is 11.3 Å². The van der Waals surface area contributed by atoms with Gasteiger partial charge >= 0.3 is 0 Å².